The number of likely N-dealkylation sites (tertiary alicyclic amines) is 1. The highest BCUT2D eigenvalue weighted by Crippen LogP contribution is 2.23. The molecule has 7 heteroatoms. The Hall–Kier alpha value is -3.09. The summed E-state index contributed by atoms with van der Waals surface area (Å²) in [6.45, 7) is 6.94. The van der Waals surface area contributed by atoms with Crippen LogP contribution in [0.2, 0.25) is 0 Å². The van der Waals surface area contributed by atoms with Crippen molar-refractivity contribution < 1.29 is 19.1 Å². The zero-order valence-corrected chi connectivity index (χ0v) is 18.4. The van der Waals surface area contributed by atoms with Gasteiger partial charge in [-0.05, 0) is 37.1 Å². The fourth-order valence-electron chi connectivity index (χ4n) is 3.94. The molecule has 0 aliphatic carbocycles. The molecule has 1 saturated heterocycles. The van der Waals surface area contributed by atoms with Gasteiger partial charge < -0.3 is 20.3 Å². The van der Waals surface area contributed by atoms with E-state index in [2.05, 4.69) is 10.6 Å². The molecular formula is C24H31N3O4. The van der Waals surface area contributed by atoms with Crippen molar-refractivity contribution in [2.45, 2.75) is 39.7 Å². The number of benzene rings is 2. The van der Waals surface area contributed by atoms with Gasteiger partial charge in [-0.25, -0.2) is 4.79 Å². The summed E-state index contributed by atoms with van der Waals surface area (Å²) in [5, 5.41) is 7.70. The number of anilines is 1. The fraction of sp³-hybridized carbons (Fsp3) is 0.458. The summed E-state index contributed by atoms with van der Waals surface area (Å²) in [7, 11) is 0. The van der Waals surface area contributed by atoms with E-state index in [1.165, 1.54) is 0 Å². The molecule has 0 aromatic heterocycles. The Bertz CT molecular complexity index is 930. The summed E-state index contributed by atoms with van der Waals surface area (Å²) in [4.78, 5) is 39.5. The summed E-state index contributed by atoms with van der Waals surface area (Å²) < 4.78 is 5.09. The molecule has 7 nitrogen and oxygen atoms in total. The standard InChI is InChI=1S/C24H31N3O4/c1-4-31-23(29)18-12-14-27(15-13-18)22(28)21(16(2)3)26-24(30)25-20-11-7-9-17-8-5-6-10-19(17)20/h5-11,16,18,21H,4,12-15H2,1-3H3,(H2,25,26,30). The molecule has 166 valence electrons. The molecule has 1 unspecified atom stereocenters. The van der Waals surface area contributed by atoms with E-state index in [-0.39, 0.29) is 23.7 Å². The molecule has 2 aromatic rings. The van der Waals surface area contributed by atoms with E-state index in [1.807, 2.05) is 56.3 Å². The van der Waals surface area contributed by atoms with Gasteiger partial charge in [-0.3, -0.25) is 9.59 Å². The topological polar surface area (TPSA) is 87.7 Å². The Morgan fingerprint density at radius 1 is 1.06 bits per heavy atom. The maximum absolute atomic E-state index is 13.1. The molecule has 3 rings (SSSR count). The molecule has 1 aliphatic heterocycles. The van der Waals surface area contributed by atoms with Crippen LogP contribution in [0.1, 0.15) is 33.6 Å². The molecule has 0 saturated carbocycles. The predicted molar refractivity (Wildman–Crippen MR) is 121 cm³/mol. The summed E-state index contributed by atoms with van der Waals surface area (Å²) in [6, 6.07) is 12.5. The zero-order valence-electron chi connectivity index (χ0n) is 18.4. The van der Waals surface area contributed by atoms with E-state index in [0.29, 0.717) is 38.2 Å². The summed E-state index contributed by atoms with van der Waals surface area (Å²) >= 11 is 0. The van der Waals surface area contributed by atoms with E-state index in [9.17, 15) is 14.4 Å². The molecule has 1 fully saturated rings. The maximum Gasteiger partial charge on any atom is 0.319 e. The Balaban J connectivity index is 1.62. The molecule has 1 heterocycles. The van der Waals surface area contributed by atoms with Crippen LogP contribution in [0.15, 0.2) is 42.5 Å². The van der Waals surface area contributed by atoms with E-state index < -0.39 is 12.1 Å². The molecule has 3 amide bonds. The molecule has 0 bridgehead atoms. The van der Waals surface area contributed by atoms with Crippen molar-refractivity contribution in [3.63, 3.8) is 0 Å². The highest BCUT2D eigenvalue weighted by molar-refractivity contribution is 6.02. The average Bonchev–Trinajstić information content (AvgIpc) is 2.77. The van der Waals surface area contributed by atoms with Gasteiger partial charge in [0.05, 0.1) is 18.2 Å². The number of rotatable bonds is 6. The smallest absolute Gasteiger partial charge is 0.319 e. The third kappa shape index (κ3) is 5.54. The van der Waals surface area contributed by atoms with Crippen molar-refractivity contribution in [2.75, 3.05) is 25.0 Å². The largest absolute Gasteiger partial charge is 0.466 e. The second-order valence-corrected chi connectivity index (χ2v) is 8.20. The number of hydrogen-bond donors (Lipinski definition) is 2. The number of fused-ring (bicyclic) bond motifs is 1. The fourth-order valence-corrected chi connectivity index (χ4v) is 3.94. The number of ether oxygens (including phenoxy) is 1. The summed E-state index contributed by atoms with van der Waals surface area (Å²) in [5.41, 5.74) is 0.695. The van der Waals surface area contributed by atoms with E-state index in [4.69, 9.17) is 4.74 Å². The highest BCUT2D eigenvalue weighted by Gasteiger charge is 2.33. The Labute approximate surface area is 183 Å². The Kier molecular flexibility index (Phi) is 7.50. The van der Waals surface area contributed by atoms with Gasteiger partial charge in [-0.2, -0.15) is 0 Å². The quantitative estimate of drug-likeness (QED) is 0.690. The minimum atomic E-state index is -0.644. The Morgan fingerprint density at radius 2 is 1.74 bits per heavy atom. The van der Waals surface area contributed by atoms with Crippen LogP contribution in [0.3, 0.4) is 0 Å². The minimum Gasteiger partial charge on any atom is -0.466 e. The number of piperidine rings is 1. The van der Waals surface area contributed by atoms with Gasteiger partial charge in [0.15, 0.2) is 0 Å². The van der Waals surface area contributed by atoms with E-state index >= 15 is 0 Å². The van der Waals surface area contributed by atoms with Gasteiger partial charge in [0.25, 0.3) is 0 Å². The number of carbonyl (C=O) groups excluding carboxylic acids is 3. The van der Waals surface area contributed by atoms with Crippen molar-refractivity contribution in [1.82, 2.24) is 10.2 Å². The van der Waals surface area contributed by atoms with Crippen molar-refractivity contribution in [1.29, 1.82) is 0 Å². The number of urea groups is 1. The third-order valence-corrected chi connectivity index (χ3v) is 5.68. The van der Waals surface area contributed by atoms with Crippen LogP contribution in [0.5, 0.6) is 0 Å². The number of nitrogens with zero attached hydrogens (tertiary/aromatic N) is 1. The summed E-state index contributed by atoms with van der Waals surface area (Å²) in [5.74, 6) is -0.550. The first kappa shape index (κ1) is 22.6. The lowest BCUT2D eigenvalue weighted by Crippen LogP contribution is -2.54. The van der Waals surface area contributed by atoms with Gasteiger partial charge in [0, 0.05) is 18.5 Å². The van der Waals surface area contributed by atoms with Crippen LogP contribution in [-0.2, 0) is 14.3 Å². The van der Waals surface area contributed by atoms with Gasteiger partial charge >= 0.3 is 12.0 Å². The molecular weight excluding hydrogens is 394 g/mol. The lowest BCUT2D eigenvalue weighted by molar-refractivity contribution is -0.151. The Morgan fingerprint density at radius 3 is 2.42 bits per heavy atom. The van der Waals surface area contributed by atoms with Crippen molar-refractivity contribution in [3.8, 4) is 0 Å². The molecule has 2 aromatic carbocycles. The number of amides is 3. The van der Waals surface area contributed by atoms with Crippen LogP contribution < -0.4 is 10.6 Å². The number of carbonyl (C=O) groups is 3. The zero-order chi connectivity index (χ0) is 22.4. The first-order valence-electron chi connectivity index (χ1n) is 10.9. The van der Waals surface area contributed by atoms with Crippen molar-refractivity contribution >= 4 is 34.4 Å². The molecule has 0 radical (unpaired) electrons. The molecule has 1 aliphatic rings. The predicted octanol–water partition coefficient (Wildman–Crippen LogP) is 3.79. The van der Waals surface area contributed by atoms with Crippen LogP contribution in [-0.4, -0.2) is 48.5 Å². The normalized spacial score (nSPS) is 15.5. The van der Waals surface area contributed by atoms with Gasteiger partial charge in [-0.15, -0.1) is 0 Å². The van der Waals surface area contributed by atoms with Crippen molar-refractivity contribution in [2.24, 2.45) is 11.8 Å². The first-order valence-corrected chi connectivity index (χ1v) is 10.9. The second-order valence-electron chi connectivity index (χ2n) is 8.20. The minimum absolute atomic E-state index is 0.0754. The van der Waals surface area contributed by atoms with Crippen LogP contribution in [0.25, 0.3) is 10.8 Å². The molecule has 31 heavy (non-hydrogen) atoms. The summed E-state index contributed by atoms with van der Waals surface area (Å²) in [6.07, 6.45) is 1.16. The van der Waals surface area contributed by atoms with Gasteiger partial charge in [0.1, 0.15) is 6.04 Å². The highest BCUT2D eigenvalue weighted by atomic mass is 16.5. The number of nitrogens with one attached hydrogen (secondary N) is 2. The van der Waals surface area contributed by atoms with Crippen LogP contribution in [0.4, 0.5) is 10.5 Å². The second kappa shape index (κ2) is 10.3. The third-order valence-electron chi connectivity index (χ3n) is 5.68. The number of esters is 1. The van der Waals surface area contributed by atoms with Crippen LogP contribution >= 0.6 is 0 Å². The van der Waals surface area contributed by atoms with Gasteiger partial charge in [-0.1, -0.05) is 50.2 Å². The van der Waals surface area contributed by atoms with Gasteiger partial charge in [0.2, 0.25) is 5.91 Å². The van der Waals surface area contributed by atoms with Crippen molar-refractivity contribution in [3.05, 3.63) is 42.5 Å². The molecule has 0 spiro atoms. The lowest BCUT2D eigenvalue weighted by Gasteiger charge is -2.34. The molecule has 1 atom stereocenters. The number of hydrogen-bond acceptors (Lipinski definition) is 4. The average molecular weight is 426 g/mol. The van der Waals surface area contributed by atoms with E-state index in [1.54, 1.807) is 11.8 Å². The maximum atomic E-state index is 13.1. The monoisotopic (exact) mass is 425 g/mol. The lowest BCUT2D eigenvalue weighted by atomic mass is 9.95. The molecule has 2 N–H and O–H groups in total. The SMILES string of the molecule is CCOC(=O)C1CCN(C(=O)C(NC(=O)Nc2cccc3ccccc23)C(C)C)CC1. The van der Waals surface area contributed by atoms with Crippen LogP contribution in [0, 0.1) is 11.8 Å². The first-order chi connectivity index (χ1) is 14.9. The van der Waals surface area contributed by atoms with E-state index in [0.717, 1.165) is 10.8 Å².